The first-order valence-corrected chi connectivity index (χ1v) is 7.10. The molecule has 0 amide bonds. The topological polar surface area (TPSA) is 39.9 Å². The molecule has 2 rings (SSSR count). The summed E-state index contributed by atoms with van der Waals surface area (Å²) in [6.07, 6.45) is 3.13. The number of nitrogens with zero attached hydrogens (tertiary/aromatic N) is 3. The number of thiazole rings is 1. The second-order valence-electron chi connectivity index (χ2n) is 4.89. The first-order chi connectivity index (χ1) is 8.20. The molecule has 1 fully saturated rings. The van der Waals surface area contributed by atoms with Crippen LogP contribution in [0, 0.1) is 11.3 Å². The zero-order chi connectivity index (χ0) is 12.3. The van der Waals surface area contributed by atoms with Crippen molar-refractivity contribution in [2.75, 3.05) is 13.1 Å². The predicted octanol–water partition coefficient (Wildman–Crippen LogP) is 2.93. The highest BCUT2D eigenvalue weighted by molar-refractivity contribution is 7.11. The van der Waals surface area contributed by atoms with Crippen molar-refractivity contribution in [2.45, 2.75) is 45.6 Å². The Kier molecular flexibility index (Phi) is 4.14. The minimum atomic E-state index is 0.418. The Morgan fingerprint density at radius 3 is 2.71 bits per heavy atom. The van der Waals surface area contributed by atoms with Crippen molar-refractivity contribution in [3.8, 4) is 6.07 Å². The van der Waals surface area contributed by atoms with Crippen LogP contribution in [0.3, 0.4) is 0 Å². The Hall–Kier alpha value is -0.920. The van der Waals surface area contributed by atoms with Crippen LogP contribution in [-0.2, 0) is 13.0 Å². The average Bonchev–Trinajstić information content (AvgIpc) is 2.89. The summed E-state index contributed by atoms with van der Waals surface area (Å²) in [6, 6.07) is 2.24. The van der Waals surface area contributed by atoms with Gasteiger partial charge in [0, 0.05) is 4.88 Å². The van der Waals surface area contributed by atoms with Crippen molar-refractivity contribution in [2.24, 2.45) is 0 Å². The fourth-order valence-corrected chi connectivity index (χ4v) is 3.46. The second-order valence-corrected chi connectivity index (χ2v) is 6.06. The lowest BCUT2D eigenvalue weighted by molar-refractivity contribution is 0.330. The standard InChI is InChI=1S/C13H19N3S/c1-10(2)13-11(5-6-14)17-12(15-13)9-16-7-3-4-8-16/h10H,3-5,7-9H2,1-2H3. The van der Waals surface area contributed by atoms with Gasteiger partial charge in [-0.25, -0.2) is 4.98 Å². The minimum Gasteiger partial charge on any atom is -0.297 e. The first kappa shape index (κ1) is 12.5. The Bertz CT molecular complexity index is 411. The average molecular weight is 249 g/mol. The van der Waals surface area contributed by atoms with Gasteiger partial charge in [0.1, 0.15) is 5.01 Å². The maximum Gasteiger partial charge on any atom is 0.107 e. The van der Waals surface area contributed by atoms with Gasteiger partial charge in [0.15, 0.2) is 0 Å². The van der Waals surface area contributed by atoms with E-state index >= 15 is 0 Å². The molecule has 1 aromatic heterocycles. The number of likely N-dealkylation sites (tertiary alicyclic amines) is 1. The fourth-order valence-electron chi connectivity index (χ4n) is 2.26. The van der Waals surface area contributed by atoms with E-state index in [9.17, 15) is 0 Å². The molecule has 4 heteroatoms. The van der Waals surface area contributed by atoms with Crippen LogP contribution in [-0.4, -0.2) is 23.0 Å². The van der Waals surface area contributed by atoms with Crippen molar-refractivity contribution in [3.05, 3.63) is 15.6 Å². The van der Waals surface area contributed by atoms with Crippen LogP contribution in [0.5, 0.6) is 0 Å². The molecule has 1 aliphatic rings. The minimum absolute atomic E-state index is 0.418. The lowest BCUT2D eigenvalue weighted by Crippen LogP contribution is -2.18. The van der Waals surface area contributed by atoms with Gasteiger partial charge in [0.25, 0.3) is 0 Å². The molecule has 0 bridgehead atoms. The van der Waals surface area contributed by atoms with E-state index in [0.717, 1.165) is 17.1 Å². The molecule has 0 N–H and O–H groups in total. The fraction of sp³-hybridized carbons (Fsp3) is 0.692. The molecule has 2 heterocycles. The van der Waals surface area contributed by atoms with Crippen LogP contribution in [0.25, 0.3) is 0 Å². The molecule has 92 valence electrons. The van der Waals surface area contributed by atoms with E-state index in [2.05, 4.69) is 24.8 Å². The van der Waals surface area contributed by atoms with E-state index in [1.807, 2.05) is 0 Å². The van der Waals surface area contributed by atoms with Crippen molar-refractivity contribution in [1.82, 2.24) is 9.88 Å². The maximum atomic E-state index is 8.84. The van der Waals surface area contributed by atoms with Crippen molar-refractivity contribution >= 4 is 11.3 Å². The van der Waals surface area contributed by atoms with Gasteiger partial charge in [-0.1, -0.05) is 13.8 Å². The van der Waals surface area contributed by atoms with Gasteiger partial charge in [0.05, 0.1) is 24.7 Å². The summed E-state index contributed by atoms with van der Waals surface area (Å²) < 4.78 is 0. The normalized spacial score (nSPS) is 16.6. The zero-order valence-electron chi connectivity index (χ0n) is 10.6. The first-order valence-electron chi connectivity index (χ1n) is 6.28. The quantitative estimate of drug-likeness (QED) is 0.823. The lowest BCUT2D eigenvalue weighted by atomic mass is 10.1. The van der Waals surface area contributed by atoms with Crippen molar-refractivity contribution in [1.29, 1.82) is 5.26 Å². The molecule has 0 aromatic carbocycles. The Balaban J connectivity index is 2.12. The maximum absolute atomic E-state index is 8.84. The van der Waals surface area contributed by atoms with E-state index in [0.29, 0.717) is 12.3 Å². The number of hydrogen-bond acceptors (Lipinski definition) is 4. The Morgan fingerprint density at radius 1 is 1.41 bits per heavy atom. The number of nitriles is 1. The lowest BCUT2D eigenvalue weighted by Gasteiger charge is -2.11. The SMILES string of the molecule is CC(C)c1nc(CN2CCCC2)sc1CC#N. The molecule has 1 saturated heterocycles. The van der Waals surface area contributed by atoms with Gasteiger partial charge in [-0.2, -0.15) is 5.26 Å². The summed E-state index contributed by atoms with van der Waals surface area (Å²) >= 11 is 1.72. The van der Waals surface area contributed by atoms with E-state index in [1.54, 1.807) is 11.3 Å². The Labute approximate surface area is 107 Å². The van der Waals surface area contributed by atoms with Crippen LogP contribution in [0.15, 0.2) is 0 Å². The van der Waals surface area contributed by atoms with Crippen LogP contribution in [0.4, 0.5) is 0 Å². The van der Waals surface area contributed by atoms with Gasteiger partial charge in [0.2, 0.25) is 0 Å². The molecule has 0 radical (unpaired) electrons. The third-order valence-electron chi connectivity index (χ3n) is 3.12. The third-order valence-corrected chi connectivity index (χ3v) is 4.17. The van der Waals surface area contributed by atoms with Crippen LogP contribution < -0.4 is 0 Å². The molecule has 0 aliphatic carbocycles. The largest absolute Gasteiger partial charge is 0.297 e. The summed E-state index contributed by atoms with van der Waals surface area (Å²) in [5, 5.41) is 10.0. The van der Waals surface area contributed by atoms with E-state index in [1.165, 1.54) is 30.9 Å². The highest BCUT2D eigenvalue weighted by Gasteiger charge is 2.17. The van der Waals surface area contributed by atoms with Crippen LogP contribution in [0.1, 0.15) is 48.2 Å². The molecule has 0 spiro atoms. The van der Waals surface area contributed by atoms with Crippen LogP contribution >= 0.6 is 11.3 Å². The summed E-state index contributed by atoms with van der Waals surface area (Å²) in [7, 11) is 0. The molecule has 1 aromatic rings. The van der Waals surface area contributed by atoms with Gasteiger partial charge in [-0.05, 0) is 31.8 Å². The van der Waals surface area contributed by atoms with Crippen molar-refractivity contribution in [3.63, 3.8) is 0 Å². The third kappa shape index (κ3) is 3.05. The van der Waals surface area contributed by atoms with Crippen LogP contribution in [0.2, 0.25) is 0 Å². The molecule has 0 unspecified atom stereocenters. The smallest absolute Gasteiger partial charge is 0.107 e. The van der Waals surface area contributed by atoms with E-state index in [-0.39, 0.29) is 0 Å². The van der Waals surface area contributed by atoms with Gasteiger partial charge >= 0.3 is 0 Å². The summed E-state index contributed by atoms with van der Waals surface area (Å²) in [6.45, 7) is 7.66. The highest BCUT2D eigenvalue weighted by Crippen LogP contribution is 2.27. The molecule has 0 saturated carbocycles. The molecular weight excluding hydrogens is 230 g/mol. The van der Waals surface area contributed by atoms with Crippen molar-refractivity contribution < 1.29 is 0 Å². The molecule has 17 heavy (non-hydrogen) atoms. The Morgan fingerprint density at radius 2 is 2.12 bits per heavy atom. The zero-order valence-corrected chi connectivity index (χ0v) is 11.4. The summed E-state index contributed by atoms with van der Waals surface area (Å²) in [4.78, 5) is 8.34. The second kappa shape index (κ2) is 5.61. The number of aromatic nitrogens is 1. The van der Waals surface area contributed by atoms with E-state index in [4.69, 9.17) is 10.2 Å². The number of rotatable bonds is 4. The van der Waals surface area contributed by atoms with E-state index < -0.39 is 0 Å². The predicted molar refractivity (Wildman–Crippen MR) is 70.0 cm³/mol. The monoisotopic (exact) mass is 249 g/mol. The van der Waals surface area contributed by atoms with Gasteiger partial charge in [-0.15, -0.1) is 11.3 Å². The molecule has 0 atom stereocenters. The summed E-state index contributed by atoms with van der Waals surface area (Å²) in [5.41, 5.74) is 1.13. The highest BCUT2D eigenvalue weighted by atomic mass is 32.1. The van der Waals surface area contributed by atoms with Gasteiger partial charge in [-0.3, -0.25) is 4.90 Å². The molecule has 1 aliphatic heterocycles. The molecule has 3 nitrogen and oxygen atoms in total. The summed E-state index contributed by atoms with van der Waals surface area (Å²) in [5.74, 6) is 0.418. The number of hydrogen-bond donors (Lipinski definition) is 0. The van der Waals surface area contributed by atoms with Gasteiger partial charge < -0.3 is 0 Å². The molecular formula is C13H19N3S.